The van der Waals surface area contributed by atoms with E-state index >= 15 is 0 Å². The lowest BCUT2D eigenvalue weighted by atomic mass is 10.1. The van der Waals surface area contributed by atoms with Crippen molar-refractivity contribution in [3.05, 3.63) is 46.3 Å². The average Bonchev–Trinajstić information content (AvgIpc) is 2.79. The van der Waals surface area contributed by atoms with Crippen LogP contribution < -0.4 is 0 Å². The van der Waals surface area contributed by atoms with Crippen molar-refractivity contribution in [3.8, 4) is 0 Å². The summed E-state index contributed by atoms with van der Waals surface area (Å²) in [4.78, 5) is 14.4. The van der Waals surface area contributed by atoms with Crippen LogP contribution >= 0.6 is 11.6 Å². The van der Waals surface area contributed by atoms with E-state index in [2.05, 4.69) is 14.7 Å². The molecule has 21 heavy (non-hydrogen) atoms. The molecule has 1 aromatic heterocycles. The number of hydrogen-bond acceptors (Lipinski definition) is 4. The Morgan fingerprint density at radius 2 is 2.05 bits per heavy atom. The quantitative estimate of drug-likeness (QED) is 0.812. The topological polar surface area (TPSA) is 56.0 Å². The van der Waals surface area contributed by atoms with Gasteiger partial charge >= 0.3 is 6.18 Å². The smallest absolute Gasteiger partial charge is 0.339 e. The van der Waals surface area contributed by atoms with Crippen molar-refractivity contribution in [1.82, 2.24) is 10.1 Å². The van der Waals surface area contributed by atoms with Gasteiger partial charge in [0.05, 0.1) is 6.42 Å². The summed E-state index contributed by atoms with van der Waals surface area (Å²) in [6, 6.07) is 3.66. The fourth-order valence-electron chi connectivity index (χ4n) is 1.51. The number of aromatic nitrogens is 2. The molecular formula is C12H7ClF4N2O2. The van der Waals surface area contributed by atoms with Crippen molar-refractivity contribution in [2.75, 3.05) is 0 Å². The van der Waals surface area contributed by atoms with Crippen LogP contribution in [0.25, 0.3) is 0 Å². The molecule has 0 atom stereocenters. The zero-order valence-electron chi connectivity index (χ0n) is 10.2. The largest absolute Gasteiger partial charge is 0.450 e. The van der Waals surface area contributed by atoms with Gasteiger partial charge in [-0.25, -0.2) is 4.39 Å². The lowest BCUT2D eigenvalue weighted by Crippen LogP contribution is -2.24. The summed E-state index contributed by atoms with van der Waals surface area (Å²) in [5, 5.41) is 3.58. The van der Waals surface area contributed by atoms with E-state index in [1.54, 1.807) is 0 Å². The zero-order valence-corrected chi connectivity index (χ0v) is 11.0. The third kappa shape index (κ3) is 4.01. The molecule has 0 unspecified atom stereocenters. The number of alkyl halides is 3. The number of Topliss-reactive ketones (excluding diaryl/α,β-unsaturated/α-hetero) is 1. The molecular weight excluding hydrogens is 316 g/mol. The SMILES string of the molecule is O=C(Cc1nc(Cc2ccc(F)cc2Cl)no1)C(F)(F)F. The molecule has 1 heterocycles. The van der Waals surface area contributed by atoms with E-state index in [4.69, 9.17) is 11.6 Å². The minimum absolute atomic E-state index is 0.0445. The molecule has 1 aromatic carbocycles. The minimum Gasteiger partial charge on any atom is -0.339 e. The Bertz CT molecular complexity index is 670. The van der Waals surface area contributed by atoms with Crippen LogP contribution in [0.3, 0.4) is 0 Å². The van der Waals surface area contributed by atoms with Crippen LogP contribution in [0.15, 0.2) is 22.7 Å². The second-order valence-corrected chi connectivity index (χ2v) is 4.52. The Kier molecular flexibility index (Phi) is 4.26. The summed E-state index contributed by atoms with van der Waals surface area (Å²) in [6.07, 6.45) is -5.93. The maximum atomic E-state index is 12.9. The molecule has 0 saturated heterocycles. The first kappa shape index (κ1) is 15.4. The fourth-order valence-corrected chi connectivity index (χ4v) is 1.74. The first-order chi connectivity index (χ1) is 9.75. The van der Waals surface area contributed by atoms with Crippen molar-refractivity contribution in [2.24, 2.45) is 0 Å². The van der Waals surface area contributed by atoms with E-state index in [1.165, 1.54) is 12.1 Å². The summed E-state index contributed by atoms with van der Waals surface area (Å²) >= 11 is 5.80. The predicted molar refractivity (Wildman–Crippen MR) is 63.3 cm³/mol. The second kappa shape index (κ2) is 5.80. The van der Waals surface area contributed by atoms with E-state index in [9.17, 15) is 22.4 Å². The number of rotatable bonds is 4. The Morgan fingerprint density at radius 1 is 1.33 bits per heavy atom. The molecule has 0 radical (unpaired) electrons. The predicted octanol–water partition coefficient (Wildman–Crippen LogP) is 3.13. The van der Waals surface area contributed by atoms with Gasteiger partial charge < -0.3 is 4.52 Å². The van der Waals surface area contributed by atoms with Gasteiger partial charge in [-0.05, 0) is 17.7 Å². The van der Waals surface area contributed by atoms with E-state index in [0.717, 1.165) is 6.07 Å². The van der Waals surface area contributed by atoms with Crippen molar-refractivity contribution in [1.29, 1.82) is 0 Å². The summed E-state index contributed by atoms with van der Waals surface area (Å²) in [5.41, 5.74) is 0.479. The highest BCUT2D eigenvalue weighted by Crippen LogP contribution is 2.21. The third-order valence-corrected chi connectivity index (χ3v) is 2.85. The van der Waals surface area contributed by atoms with E-state index in [-0.39, 0.29) is 17.3 Å². The molecule has 0 aliphatic heterocycles. The highest BCUT2D eigenvalue weighted by molar-refractivity contribution is 6.31. The van der Waals surface area contributed by atoms with Gasteiger partial charge in [0, 0.05) is 11.4 Å². The summed E-state index contributed by atoms with van der Waals surface area (Å²) < 4.78 is 53.7. The molecule has 0 aliphatic rings. The Labute approximate surface area is 120 Å². The van der Waals surface area contributed by atoms with Gasteiger partial charge in [0.15, 0.2) is 5.82 Å². The normalized spacial score (nSPS) is 11.7. The lowest BCUT2D eigenvalue weighted by molar-refractivity contribution is -0.170. The Balaban J connectivity index is 2.08. The molecule has 0 N–H and O–H groups in total. The third-order valence-electron chi connectivity index (χ3n) is 2.50. The number of benzene rings is 1. The lowest BCUT2D eigenvalue weighted by Gasteiger charge is -2.01. The van der Waals surface area contributed by atoms with Crippen molar-refractivity contribution in [3.63, 3.8) is 0 Å². The van der Waals surface area contributed by atoms with Gasteiger partial charge in [0.25, 0.3) is 0 Å². The first-order valence-electron chi connectivity index (χ1n) is 5.61. The van der Waals surface area contributed by atoms with Gasteiger partial charge in [0.2, 0.25) is 11.7 Å². The van der Waals surface area contributed by atoms with Crippen LogP contribution in [0, 0.1) is 5.82 Å². The van der Waals surface area contributed by atoms with Gasteiger partial charge in [-0.15, -0.1) is 0 Å². The summed E-state index contributed by atoms with van der Waals surface area (Å²) in [5.74, 6) is -2.88. The molecule has 0 saturated carbocycles. The summed E-state index contributed by atoms with van der Waals surface area (Å²) in [6.45, 7) is 0. The number of carbonyl (C=O) groups is 1. The highest BCUT2D eigenvalue weighted by Gasteiger charge is 2.39. The molecule has 0 amide bonds. The molecule has 0 spiro atoms. The van der Waals surface area contributed by atoms with Crippen LogP contribution in [-0.4, -0.2) is 22.1 Å². The molecule has 0 bridgehead atoms. The highest BCUT2D eigenvalue weighted by atomic mass is 35.5. The minimum atomic E-state index is -4.95. The van der Waals surface area contributed by atoms with Crippen LogP contribution in [0.1, 0.15) is 17.3 Å². The Morgan fingerprint density at radius 3 is 2.67 bits per heavy atom. The molecule has 112 valence electrons. The molecule has 4 nitrogen and oxygen atoms in total. The van der Waals surface area contributed by atoms with Crippen molar-refractivity contribution < 1.29 is 26.9 Å². The molecule has 0 aliphatic carbocycles. The van der Waals surface area contributed by atoms with Crippen LogP contribution in [-0.2, 0) is 17.6 Å². The van der Waals surface area contributed by atoms with Crippen LogP contribution in [0.4, 0.5) is 17.6 Å². The van der Waals surface area contributed by atoms with Crippen molar-refractivity contribution in [2.45, 2.75) is 19.0 Å². The maximum absolute atomic E-state index is 12.9. The summed E-state index contributed by atoms with van der Waals surface area (Å²) in [7, 11) is 0. The number of halogens is 5. The van der Waals surface area contributed by atoms with E-state index in [0.29, 0.717) is 5.56 Å². The zero-order chi connectivity index (χ0) is 15.6. The molecule has 2 rings (SSSR count). The van der Waals surface area contributed by atoms with E-state index < -0.39 is 30.1 Å². The van der Waals surface area contributed by atoms with Gasteiger partial charge in [-0.1, -0.05) is 22.8 Å². The van der Waals surface area contributed by atoms with Gasteiger partial charge in [-0.3, -0.25) is 4.79 Å². The monoisotopic (exact) mass is 322 g/mol. The van der Waals surface area contributed by atoms with Crippen LogP contribution in [0.5, 0.6) is 0 Å². The number of ketones is 1. The number of hydrogen-bond donors (Lipinski definition) is 0. The first-order valence-corrected chi connectivity index (χ1v) is 5.99. The van der Waals surface area contributed by atoms with Gasteiger partial charge in [0.1, 0.15) is 5.82 Å². The fraction of sp³-hybridized carbons (Fsp3) is 0.250. The molecule has 9 heteroatoms. The number of nitrogens with zero attached hydrogens (tertiary/aromatic N) is 2. The second-order valence-electron chi connectivity index (χ2n) is 4.11. The molecule has 2 aromatic rings. The standard InChI is InChI=1S/C12H7ClF4N2O2/c13-8-4-7(14)2-1-6(8)3-10-18-11(21-19-10)5-9(20)12(15,16)17/h1-2,4H,3,5H2. The Hall–Kier alpha value is -1.96. The average molecular weight is 323 g/mol. The van der Waals surface area contributed by atoms with E-state index in [1.807, 2.05) is 0 Å². The van der Waals surface area contributed by atoms with Gasteiger partial charge in [-0.2, -0.15) is 18.2 Å². The maximum Gasteiger partial charge on any atom is 0.450 e. The van der Waals surface area contributed by atoms with Crippen LogP contribution in [0.2, 0.25) is 5.02 Å². The van der Waals surface area contributed by atoms with Crippen molar-refractivity contribution >= 4 is 17.4 Å². The number of carbonyl (C=O) groups excluding carboxylic acids is 1. The molecule has 0 fully saturated rings.